The molecule has 0 atom stereocenters. The number of ether oxygens (including phenoxy) is 1. The van der Waals surface area contributed by atoms with E-state index in [-0.39, 0.29) is 0 Å². The van der Waals surface area contributed by atoms with Gasteiger partial charge in [0, 0.05) is 4.47 Å². The molecular formula is C15H12BrNO. The van der Waals surface area contributed by atoms with Crippen LogP contribution in [0.1, 0.15) is 16.7 Å². The molecule has 0 aliphatic rings. The van der Waals surface area contributed by atoms with Crippen molar-refractivity contribution in [2.45, 2.75) is 13.2 Å². The highest BCUT2D eigenvalue weighted by Crippen LogP contribution is 2.12. The summed E-state index contributed by atoms with van der Waals surface area (Å²) in [5.74, 6) is 0. The van der Waals surface area contributed by atoms with Crippen molar-refractivity contribution in [1.82, 2.24) is 0 Å². The first-order chi connectivity index (χ1) is 8.78. The predicted octanol–water partition coefficient (Wildman–Crippen LogP) is 4.04. The van der Waals surface area contributed by atoms with Gasteiger partial charge in [0.1, 0.15) is 0 Å². The first-order valence-electron chi connectivity index (χ1n) is 5.59. The van der Waals surface area contributed by atoms with Gasteiger partial charge in [-0.15, -0.1) is 0 Å². The van der Waals surface area contributed by atoms with Crippen molar-refractivity contribution in [1.29, 1.82) is 5.26 Å². The molecule has 0 aliphatic heterocycles. The van der Waals surface area contributed by atoms with Crippen molar-refractivity contribution >= 4 is 15.9 Å². The number of hydrogen-bond donors (Lipinski definition) is 0. The van der Waals surface area contributed by atoms with Crippen molar-refractivity contribution in [2.24, 2.45) is 0 Å². The zero-order chi connectivity index (χ0) is 12.8. The first-order valence-corrected chi connectivity index (χ1v) is 6.38. The molecule has 0 unspecified atom stereocenters. The number of nitriles is 1. The summed E-state index contributed by atoms with van der Waals surface area (Å²) in [4.78, 5) is 0. The molecule has 2 rings (SSSR count). The first kappa shape index (κ1) is 12.8. The Hall–Kier alpha value is -1.63. The molecule has 0 saturated carbocycles. The van der Waals surface area contributed by atoms with E-state index in [1.165, 1.54) is 0 Å². The van der Waals surface area contributed by atoms with Crippen molar-refractivity contribution in [3.63, 3.8) is 0 Å². The van der Waals surface area contributed by atoms with Crippen LogP contribution in [0.3, 0.4) is 0 Å². The number of benzene rings is 2. The van der Waals surface area contributed by atoms with Gasteiger partial charge in [0.05, 0.1) is 24.8 Å². The molecule has 0 bridgehead atoms. The summed E-state index contributed by atoms with van der Waals surface area (Å²) in [6.07, 6.45) is 0. The van der Waals surface area contributed by atoms with Gasteiger partial charge < -0.3 is 4.74 Å². The second kappa shape index (κ2) is 6.34. The fourth-order valence-electron chi connectivity index (χ4n) is 1.54. The second-order valence-electron chi connectivity index (χ2n) is 3.93. The van der Waals surface area contributed by atoms with Crippen molar-refractivity contribution in [3.05, 3.63) is 69.7 Å². The zero-order valence-corrected chi connectivity index (χ0v) is 11.4. The molecule has 0 aliphatic carbocycles. The Labute approximate surface area is 115 Å². The monoisotopic (exact) mass is 301 g/mol. The van der Waals surface area contributed by atoms with E-state index in [1.807, 2.05) is 36.4 Å². The van der Waals surface area contributed by atoms with E-state index in [0.29, 0.717) is 18.8 Å². The molecule has 0 fully saturated rings. The second-order valence-corrected chi connectivity index (χ2v) is 4.84. The highest BCUT2D eigenvalue weighted by molar-refractivity contribution is 9.10. The highest BCUT2D eigenvalue weighted by atomic mass is 79.9. The van der Waals surface area contributed by atoms with E-state index >= 15 is 0 Å². The summed E-state index contributed by atoms with van der Waals surface area (Å²) in [5.41, 5.74) is 2.89. The van der Waals surface area contributed by atoms with E-state index in [9.17, 15) is 0 Å². The molecule has 0 amide bonds. The lowest BCUT2D eigenvalue weighted by atomic mass is 10.1. The van der Waals surface area contributed by atoms with E-state index in [4.69, 9.17) is 10.00 Å². The summed E-state index contributed by atoms with van der Waals surface area (Å²) in [5, 5.41) is 8.69. The van der Waals surface area contributed by atoms with Crippen LogP contribution in [-0.2, 0) is 18.0 Å². The molecule has 90 valence electrons. The number of hydrogen-bond acceptors (Lipinski definition) is 2. The van der Waals surface area contributed by atoms with E-state index in [1.54, 1.807) is 12.1 Å². The number of halogens is 1. The van der Waals surface area contributed by atoms with Crippen LogP contribution in [0.15, 0.2) is 53.0 Å². The third-order valence-electron chi connectivity index (χ3n) is 2.53. The third kappa shape index (κ3) is 3.69. The normalized spacial score (nSPS) is 10.0. The SMILES string of the molecule is N#Cc1ccc(COCc2ccc(Br)cc2)cc1. The Morgan fingerprint density at radius 2 is 1.39 bits per heavy atom. The van der Waals surface area contributed by atoms with Gasteiger partial charge in [-0.2, -0.15) is 5.26 Å². The molecule has 2 nitrogen and oxygen atoms in total. The van der Waals surface area contributed by atoms with Crippen LogP contribution in [0.25, 0.3) is 0 Å². The number of rotatable bonds is 4. The molecule has 18 heavy (non-hydrogen) atoms. The van der Waals surface area contributed by atoms with Gasteiger partial charge in [-0.1, -0.05) is 40.2 Å². The van der Waals surface area contributed by atoms with Crippen LogP contribution in [0.5, 0.6) is 0 Å². The standard InChI is InChI=1S/C15H12BrNO/c16-15-7-5-14(6-8-15)11-18-10-13-3-1-12(9-17)2-4-13/h1-8H,10-11H2. The van der Waals surface area contributed by atoms with Crippen molar-refractivity contribution in [2.75, 3.05) is 0 Å². The molecule has 0 radical (unpaired) electrons. The molecule has 0 saturated heterocycles. The Morgan fingerprint density at radius 3 is 1.89 bits per heavy atom. The Bertz CT molecular complexity index is 540. The molecular weight excluding hydrogens is 290 g/mol. The largest absolute Gasteiger partial charge is 0.372 e. The van der Waals surface area contributed by atoms with Crippen LogP contribution >= 0.6 is 15.9 Å². The van der Waals surface area contributed by atoms with Gasteiger partial charge in [0.15, 0.2) is 0 Å². The third-order valence-corrected chi connectivity index (χ3v) is 3.06. The van der Waals surface area contributed by atoms with E-state index in [2.05, 4.69) is 22.0 Å². The van der Waals surface area contributed by atoms with Gasteiger partial charge in [0.25, 0.3) is 0 Å². The van der Waals surface area contributed by atoms with Gasteiger partial charge in [-0.25, -0.2) is 0 Å². The maximum absolute atomic E-state index is 8.69. The average molecular weight is 302 g/mol. The van der Waals surface area contributed by atoms with Crippen molar-refractivity contribution in [3.8, 4) is 6.07 Å². The lowest BCUT2D eigenvalue weighted by Crippen LogP contribution is -1.94. The van der Waals surface area contributed by atoms with Crippen LogP contribution < -0.4 is 0 Å². The molecule has 0 spiro atoms. The summed E-state index contributed by atoms with van der Waals surface area (Å²) >= 11 is 3.40. The van der Waals surface area contributed by atoms with Gasteiger partial charge in [-0.3, -0.25) is 0 Å². The Morgan fingerprint density at radius 1 is 0.889 bits per heavy atom. The fraction of sp³-hybridized carbons (Fsp3) is 0.133. The minimum absolute atomic E-state index is 0.557. The van der Waals surface area contributed by atoms with E-state index < -0.39 is 0 Å². The molecule has 2 aromatic carbocycles. The molecule has 2 aromatic rings. The quantitative estimate of drug-likeness (QED) is 0.854. The minimum Gasteiger partial charge on any atom is -0.372 e. The van der Waals surface area contributed by atoms with Crippen LogP contribution in [0.2, 0.25) is 0 Å². The zero-order valence-electron chi connectivity index (χ0n) is 9.77. The molecule has 0 N–H and O–H groups in total. The average Bonchev–Trinajstić information content (AvgIpc) is 2.42. The van der Waals surface area contributed by atoms with Gasteiger partial charge in [0.2, 0.25) is 0 Å². The lowest BCUT2D eigenvalue weighted by Gasteiger charge is -2.05. The predicted molar refractivity (Wildman–Crippen MR) is 73.8 cm³/mol. The van der Waals surface area contributed by atoms with Gasteiger partial charge >= 0.3 is 0 Å². The van der Waals surface area contributed by atoms with E-state index in [0.717, 1.165) is 15.6 Å². The van der Waals surface area contributed by atoms with Crippen LogP contribution in [0, 0.1) is 11.3 Å². The summed E-state index contributed by atoms with van der Waals surface area (Å²) < 4.78 is 6.69. The summed E-state index contributed by atoms with van der Waals surface area (Å²) in [6, 6.07) is 17.6. The Balaban J connectivity index is 1.84. The number of nitrogens with zero attached hydrogens (tertiary/aromatic N) is 1. The molecule has 0 aromatic heterocycles. The smallest absolute Gasteiger partial charge is 0.0991 e. The topological polar surface area (TPSA) is 33.0 Å². The Kier molecular flexibility index (Phi) is 4.52. The van der Waals surface area contributed by atoms with Crippen LogP contribution in [-0.4, -0.2) is 0 Å². The molecule has 3 heteroatoms. The molecule has 0 heterocycles. The summed E-state index contributed by atoms with van der Waals surface area (Å²) in [7, 11) is 0. The maximum atomic E-state index is 8.69. The summed E-state index contributed by atoms with van der Waals surface area (Å²) in [6.45, 7) is 1.15. The van der Waals surface area contributed by atoms with Crippen LogP contribution in [0.4, 0.5) is 0 Å². The fourth-order valence-corrected chi connectivity index (χ4v) is 1.81. The highest BCUT2D eigenvalue weighted by Gasteiger charge is 1.96. The maximum Gasteiger partial charge on any atom is 0.0991 e. The lowest BCUT2D eigenvalue weighted by molar-refractivity contribution is 0.107. The minimum atomic E-state index is 0.557. The van der Waals surface area contributed by atoms with Crippen molar-refractivity contribution < 1.29 is 4.74 Å². The van der Waals surface area contributed by atoms with Gasteiger partial charge in [-0.05, 0) is 35.4 Å².